The zero-order valence-electron chi connectivity index (χ0n) is 10.6. The molecule has 4 heteroatoms. The number of halogens is 1. The van der Waals surface area contributed by atoms with Gasteiger partial charge in [-0.25, -0.2) is 4.39 Å². The topological polar surface area (TPSA) is 29.5 Å². The normalized spacial score (nSPS) is 20.7. The quantitative estimate of drug-likeness (QED) is 0.772. The molecular formula is C14H18FNO2. The fourth-order valence-electron chi connectivity index (χ4n) is 2.41. The lowest BCUT2D eigenvalue weighted by Crippen LogP contribution is -2.44. The SMILES string of the molecule is COC(=O)[C@H]1CCCCN1Cc1ccc(F)cc1. The summed E-state index contributed by atoms with van der Waals surface area (Å²) in [6.45, 7) is 1.55. The predicted octanol–water partition coefficient (Wildman–Crippen LogP) is 2.35. The second kappa shape index (κ2) is 5.96. The van der Waals surface area contributed by atoms with Crippen LogP contribution in [0.4, 0.5) is 4.39 Å². The first-order valence-electron chi connectivity index (χ1n) is 6.27. The molecule has 0 N–H and O–H groups in total. The third kappa shape index (κ3) is 3.07. The van der Waals surface area contributed by atoms with Crippen molar-refractivity contribution in [1.29, 1.82) is 0 Å². The van der Waals surface area contributed by atoms with E-state index in [9.17, 15) is 9.18 Å². The monoisotopic (exact) mass is 251 g/mol. The lowest BCUT2D eigenvalue weighted by atomic mass is 10.0. The Kier molecular flexibility index (Phi) is 4.31. The molecule has 0 aliphatic carbocycles. The Hall–Kier alpha value is -1.42. The second-order valence-corrected chi connectivity index (χ2v) is 4.63. The zero-order valence-corrected chi connectivity index (χ0v) is 10.6. The summed E-state index contributed by atoms with van der Waals surface area (Å²) >= 11 is 0. The third-order valence-corrected chi connectivity index (χ3v) is 3.39. The number of hydrogen-bond donors (Lipinski definition) is 0. The van der Waals surface area contributed by atoms with Gasteiger partial charge in [-0.05, 0) is 37.1 Å². The Morgan fingerprint density at radius 1 is 1.39 bits per heavy atom. The van der Waals surface area contributed by atoms with Crippen molar-refractivity contribution >= 4 is 5.97 Å². The Balaban J connectivity index is 2.05. The summed E-state index contributed by atoms with van der Waals surface area (Å²) in [7, 11) is 1.42. The van der Waals surface area contributed by atoms with E-state index in [4.69, 9.17) is 4.74 Å². The first-order valence-corrected chi connectivity index (χ1v) is 6.27. The van der Waals surface area contributed by atoms with Gasteiger partial charge in [0.25, 0.3) is 0 Å². The number of ether oxygens (including phenoxy) is 1. The molecular weight excluding hydrogens is 233 g/mol. The van der Waals surface area contributed by atoms with Gasteiger partial charge in [-0.2, -0.15) is 0 Å². The summed E-state index contributed by atoms with van der Waals surface area (Å²) < 4.78 is 17.7. The van der Waals surface area contributed by atoms with Gasteiger partial charge in [0.05, 0.1) is 7.11 Å². The summed E-state index contributed by atoms with van der Waals surface area (Å²) in [6.07, 6.45) is 2.99. The molecule has 1 aliphatic heterocycles. The summed E-state index contributed by atoms with van der Waals surface area (Å²) in [5.41, 5.74) is 1.02. The molecule has 1 saturated heterocycles. The van der Waals surface area contributed by atoms with Crippen LogP contribution in [0.15, 0.2) is 24.3 Å². The zero-order chi connectivity index (χ0) is 13.0. The van der Waals surface area contributed by atoms with Gasteiger partial charge < -0.3 is 4.74 Å². The maximum atomic E-state index is 12.8. The molecule has 0 bridgehead atoms. The van der Waals surface area contributed by atoms with Gasteiger partial charge in [0, 0.05) is 6.54 Å². The van der Waals surface area contributed by atoms with Gasteiger partial charge in [0.1, 0.15) is 11.9 Å². The Morgan fingerprint density at radius 2 is 2.11 bits per heavy atom. The molecule has 0 amide bonds. The van der Waals surface area contributed by atoms with E-state index in [0.717, 1.165) is 31.4 Å². The highest BCUT2D eigenvalue weighted by atomic mass is 19.1. The fourth-order valence-corrected chi connectivity index (χ4v) is 2.41. The number of likely N-dealkylation sites (tertiary alicyclic amines) is 1. The van der Waals surface area contributed by atoms with Gasteiger partial charge in [0.2, 0.25) is 0 Å². The maximum Gasteiger partial charge on any atom is 0.323 e. The van der Waals surface area contributed by atoms with Crippen LogP contribution < -0.4 is 0 Å². The first kappa shape index (κ1) is 13.0. The highest BCUT2D eigenvalue weighted by Crippen LogP contribution is 2.20. The van der Waals surface area contributed by atoms with E-state index in [1.54, 1.807) is 12.1 Å². The lowest BCUT2D eigenvalue weighted by Gasteiger charge is -2.33. The maximum absolute atomic E-state index is 12.8. The molecule has 1 fully saturated rings. The van der Waals surface area contributed by atoms with Crippen LogP contribution in [0, 0.1) is 5.82 Å². The van der Waals surface area contributed by atoms with Crippen molar-refractivity contribution in [2.75, 3.05) is 13.7 Å². The van der Waals surface area contributed by atoms with Gasteiger partial charge in [0.15, 0.2) is 0 Å². The van der Waals surface area contributed by atoms with Crippen LogP contribution in [0.1, 0.15) is 24.8 Å². The van der Waals surface area contributed by atoms with E-state index in [1.807, 2.05) is 0 Å². The predicted molar refractivity (Wildman–Crippen MR) is 66.5 cm³/mol. The summed E-state index contributed by atoms with van der Waals surface area (Å²) in [6, 6.07) is 6.27. The average Bonchev–Trinajstić information content (AvgIpc) is 2.41. The average molecular weight is 251 g/mol. The molecule has 1 atom stereocenters. The highest BCUT2D eigenvalue weighted by molar-refractivity contribution is 5.75. The van der Waals surface area contributed by atoms with Crippen molar-refractivity contribution in [2.45, 2.75) is 31.8 Å². The van der Waals surface area contributed by atoms with E-state index in [0.29, 0.717) is 6.54 Å². The minimum absolute atomic E-state index is 0.159. The van der Waals surface area contributed by atoms with Gasteiger partial charge in [-0.15, -0.1) is 0 Å². The molecule has 0 spiro atoms. The van der Waals surface area contributed by atoms with Gasteiger partial charge >= 0.3 is 5.97 Å². The smallest absolute Gasteiger partial charge is 0.323 e. The molecule has 1 aromatic rings. The van der Waals surface area contributed by atoms with E-state index < -0.39 is 0 Å². The third-order valence-electron chi connectivity index (χ3n) is 3.39. The number of benzene rings is 1. The highest BCUT2D eigenvalue weighted by Gasteiger charge is 2.29. The fraction of sp³-hybridized carbons (Fsp3) is 0.500. The molecule has 0 saturated carbocycles. The van der Waals surface area contributed by atoms with Gasteiger partial charge in [-0.1, -0.05) is 18.6 Å². The number of hydrogen-bond acceptors (Lipinski definition) is 3. The largest absolute Gasteiger partial charge is 0.468 e. The molecule has 0 aromatic heterocycles. The van der Waals surface area contributed by atoms with E-state index >= 15 is 0 Å². The lowest BCUT2D eigenvalue weighted by molar-refractivity contribution is -0.148. The van der Waals surface area contributed by atoms with Crippen LogP contribution in [-0.4, -0.2) is 30.6 Å². The number of rotatable bonds is 3. The van der Waals surface area contributed by atoms with Crippen molar-refractivity contribution in [1.82, 2.24) is 4.90 Å². The molecule has 0 unspecified atom stereocenters. The Bertz CT molecular complexity index is 405. The van der Waals surface area contributed by atoms with Crippen LogP contribution in [0.2, 0.25) is 0 Å². The summed E-state index contributed by atoms with van der Waals surface area (Å²) in [5, 5.41) is 0. The number of carbonyl (C=O) groups excluding carboxylic acids is 1. The number of methoxy groups -OCH3 is 1. The minimum atomic E-state index is -0.234. The van der Waals surface area contributed by atoms with Crippen LogP contribution in [0.25, 0.3) is 0 Å². The van der Waals surface area contributed by atoms with Crippen molar-refractivity contribution in [2.24, 2.45) is 0 Å². The van der Waals surface area contributed by atoms with Crippen LogP contribution >= 0.6 is 0 Å². The first-order chi connectivity index (χ1) is 8.70. The molecule has 0 radical (unpaired) electrons. The number of esters is 1. The summed E-state index contributed by atoms with van der Waals surface area (Å²) in [5.74, 6) is -0.404. The minimum Gasteiger partial charge on any atom is -0.468 e. The molecule has 1 aliphatic rings. The molecule has 1 heterocycles. The number of carbonyl (C=O) groups is 1. The van der Waals surface area contributed by atoms with Crippen LogP contribution in [-0.2, 0) is 16.1 Å². The number of piperidine rings is 1. The standard InChI is InChI=1S/C14H18FNO2/c1-18-14(17)13-4-2-3-9-16(13)10-11-5-7-12(15)8-6-11/h5-8,13H,2-4,9-10H2,1H3/t13-/m1/s1. The van der Waals surface area contributed by atoms with Crippen molar-refractivity contribution in [3.05, 3.63) is 35.6 Å². The molecule has 1 aromatic carbocycles. The van der Waals surface area contributed by atoms with E-state index in [2.05, 4.69) is 4.90 Å². The Labute approximate surface area is 107 Å². The molecule has 2 rings (SSSR count). The van der Waals surface area contributed by atoms with Gasteiger partial charge in [-0.3, -0.25) is 9.69 Å². The van der Waals surface area contributed by atoms with Crippen molar-refractivity contribution < 1.29 is 13.9 Å². The second-order valence-electron chi connectivity index (χ2n) is 4.63. The van der Waals surface area contributed by atoms with E-state index in [1.165, 1.54) is 19.2 Å². The van der Waals surface area contributed by atoms with Crippen molar-refractivity contribution in [3.8, 4) is 0 Å². The molecule has 18 heavy (non-hydrogen) atoms. The summed E-state index contributed by atoms with van der Waals surface area (Å²) in [4.78, 5) is 13.8. The Morgan fingerprint density at radius 3 is 2.78 bits per heavy atom. The van der Waals surface area contributed by atoms with Crippen LogP contribution in [0.3, 0.4) is 0 Å². The molecule has 98 valence electrons. The van der Waals surface area contributed by atoms with Crippen molar-refractivity contribution in [3.63, 3.8) is 0 Å². The number of nitrogens with zero attached hydrogens (tertiary/aromatic N) is 1. The van der Waals surface area contributed by atoms with E-state index in [-0.39, 0.29) is 17.8 Å². The molecule has 3 nitrogen and oxygen atoms in total. The van der Waals surface area contributed by atoms with Crippen LogP contribution in [0.5, 0.6) is 0 Å².